The Morgan fingerprint density at radius 2 is 1.97 bits per heavy atom. The molecule has 1 atom stereocenters. The number of carbonyl (C=O) groups is 2. The minimum Gasteiger partial charge on any atom is -0.306 e. The van der Waals surface area contributed by atoms with E-state index in [4.69, 9.17) is 0 Å². The summed E-state index contributed by atoms with van der Waals surface area (Å²) >= 11 is 1.46. The Morgan fingerprint density at radius 1 is 1.18 bits per heavy atom. The number of nitrogens with one attached hydrogen (secondary N) is 1. The highest BCUT2D eigenvalue weighted by molar-refractivity contribution is 7.15. The number of allylic oxidation sites excluding steroid dienone is 1. The molecule has 0 saturated carbocycles. The molecule has 0 spiro atoms. The zero-order valence-electron chi connectivity index (χ0n) is 19.8. The van der Waals surface area contributed by atoms with E-state index in [9.17, 15) is 14.0 Å². The highest BCUT2D eigenvalue weighted by Gasteiger charge is 2.18. The summed E-state index contributed by atoms with van der Waals surface area (Å²) in [6.45, 7) is 4.50. The van der Waals surface area contributed by atoms with Crippen molar-refractivity contribution in [1.29, 1.82) is 0 Å². The molecule has 3 rings (SSSR count). The fourth-order valence-corrected chi connectivity index (χ4v) is 4.01. The van der Waals surface area contributed by atoms with Gasteiger partial charge in [-0.3, -0.25) is 14.6 Å². The summed E-state index contributed by atoms with van der Waals surface area (Å²) in [4.78, 5) is 36.3. The van der Waals surface area contributed by atoms with Gasteiger partial charge in [0.25, 0.3) is 0 Å². The van der Waals surface area contributed by atoms with Crippen LogP contribution in [0.3, 0.4) is 0 Å². The molecule has 0 aliphatic carbocycles. The van der Waals surface area contributed by atoms with Crippen molar-refractivity contribution in [2.45, 2.75) is 32.6 Å². The average Bonchev–Trinajstić information content (AvgIpc) is 3.27. The number of aryl methyl sites for hydroxylation is 1. The van der Waals surface area contributed by atoms with Gasteiger partial charge >= 0.3 is 0 Å². The molecule has 1 amide bonds. The van der Waals surface area contributed by atoms with E-state index >= 15 is 0 Å². The SMILES string of the molecule is CCc1cnc(NC(=O)[C@@H](C)c2cccc(-c3cnc(CC(=O)/C=C/CN(C)C)c(F)c3)c2)s1. The van der Waals surface area contributed by atoms with E-state index in [1.807, 2.05) is 57.1 Å². The van der Waals surface area contributed by atoms with E-state index in [0.29, 0.717) is 17.2 Å². The Bertz CT molecular complexity index is 1190. The summed E-state index contributed by atoms with van der Waals surface area (Å²) in [7, 11) is 3.81. The van der Waals surface area contributed by atoms with Crippen molar-refractivity contribution in [3.8, 4) is 11.1 Å². The fourth-order valence-electron chi connectivity index (χ4n) is 3.25. The number of nitrogens with zero attached hydrogens (tertiary/aromatic N) is 3. The number of ketones is 1. The molecular weight excluding hydrogens is 451 g/mol. The van der Waals surface area contributed by atoms with Crippen molar-refractivity contribution in [2.75, 3.05) is 26.0 Å². The molecular formula is C26H29FN4O2S. The number of halogens is 1. The lowest BCUT2D eigenvalue weighted by Crippen LogP contribution is -2.18. The van der Waals surface area contributed by atoms with Crippen LogP contribution in [0.5, 0.6) is 0 Å². The number of hydrogen-bond donors (Lipinski definition) is 1. The summed E-state index contributed by atoms with van der Waals surface area (Å²) in [6.07, 6.45) is 7.30. The molecule has 0 fully saturated rings. The first-order valence-electron chi connectivity index (χ1n) is 11.1. The highest BCUT2D eigenvalue weighted by atomic mass is 32.1. The Morgan fingerprint density at radius 3 is 2.65 bits per heavy atom. The standard InChI is InChI=1S/C26H29FN4O2S/c1-5-22-16-29-26(34-22)30-25(33)17(2)18-8-6-9-19(12-18)20-13-23(27)24(28-15-20)14-21(32)10-7-11-31(3)4/h6-10,12-13,15-17H,5,11,14H2,1-4H3,(H,29,30,33)/b10-7+/t17-/m0/s1. The van der Waals surface area contributed by atoms with Gasteiger partial charge in [-0.2, -0.15) is 0 Å². The van der Waals surface area contributed by atoms with Gasteiger partial charge in [-0.15, -0.1) is 11.3 Å². The molecule has 178 valence electrons. The van der Waals surface area contributed by atoms with Crippen LogP contribution in [0.4, 0.5) is 9.52 Å². The number of benzene rings is 1. The quantitative estimate of drug-likeness (QED) is 0.419. The number of carbonyl (C=O) groups excluding carboxylic acids is 2. The Balaban J connectivity index is 1.70. The van der Waals surface area contributed by atoms with Crippen LogP contribution in [-0.4, -0.2) is 47.2 Å². The van der Waals surface area contributed by atoms with Crippen LogP contribution >= 0.6 is 11.3 Å². The van der Waals surface area contributed by atoms with E-state index in [-0.39, 0.29) is 23.8 Å². The van der Waals surface area contributed by atoms with Crippen molar-refractivity contribution >= 4 is 28.2 Å². The van der Waals surface area contributed by atoms with E-state index in [1.54, 1.807) is 18.5 Å². The van der Waals surface area contributed by atoms with Gasteiger partial charge in [-0.25, -0.2) is 9.37 Å². The predicted octanol–water partition coefficient (Wildman–Crippen LogP) is 4.88. The topological polar surface area (TPSA) is 75.2 Å². The van der Waals surface area contributed by atoms with Crippen LogP contribution in [-0.2, 0) is 22.4 Å². The molecule has 6 nitrogen and oxygen atoms in total. The van der Waals surface area contributed by atoms with E-state index in [0.717, 1.165) is 22.4 Å². The number of thiazole rings is 1. The fraction of sp³-hybridized carbons (Fsp3) is 0.308. The van der Waals surface area contributed by atoms with Gasteiger partial charge in [0.15, 0.2) is 10.9 Å². The molecule has 2 aromatic heterocycles. The molecule has 34 heavy (non-hydrogen) atoms. The number of likely N-dealkylation sites (N-methyl/N-ethyl adjacent to an activating group) is 1. The lowest BCUT2D eigenvalue weighted by molar-refractivity contribution is -0.117. The Hall–Kier alpha value is -3.23. The van der Waals surface area contributed by atoms with Gasteiger partial charge in [0, 0.05) is 29.4 Å². The molecule has 0 saturated heterocycles. The summed E-state index contributed by atoms with van der Waals surface area (Å²) < 4.78 is 14.7. The van der Waals surface area contributed by atoms with Crippen molar-refractivity contribution in [3.63, 3.8) is 0 Å². The monoisotopic (exact) mass is 480 g/mol. The number of amides is 1. The number of rotatable bonds is 10. The summed E-state index contributed by atoms with van der Waals surface area (Å²) in [5.74, 6) is -1.31. The summed E-state index contributed by atoms with van der Waals surface area (Å²) in [5.41, 5.74) is 2.24. The van der Waals surface area contributed by atoms with Crippen LogP contribution < -0.4 is 5.32 Å². The van der Waals surface area contributed by atoms with Crippen LogP contribution in [0, 0.1) is 5.82 Å². The van der Waals surface area contributed by atoms with Crippen molar-refractivity contribution in [1.82, 2.24) is 14.9 Å². The Labute approximate surface area is 203 Å². The number of anilines is 1. The summed E-state index contributed by atoms with van der Waals surface area (Å²) in [6, 6.07) is 8.77. The largest absolute Gasteiger partial charge is 0.306 e. The predicted molar refractivity (Wildman–Crippen MR) is 135 cm³/mol. The minimum atomic E-state index is -0.529. The van der Waals surface area contributed by atoms with Gasteiger partial charge in [0.2, 0.25) is 5.91 Å². The molecule has 0 radical (unpaired) electrons. The van der Waals surface area contributed by atoms with Crippen molar-refractivity contribution < 1.29 is 14.0 Å². The van der Waals surface area contributed by atoms with Crippen LogP contribution in [0.25, 0.3) is 11.1 Å². The third kappa shape index (κ3) is 6.88. The van der Waals surface area contributed by atoms with Gasteiger partial charge in [0.1, 0.15) is 5.82 Å². The first-order valence-corrected chi connectivity index (χ1v) is 11.9. The maximum atomic E-state index is 14.7. The van der Waals surface area contributed by atoms with Crippen LogP contribution in [0.1, 0.15) is 35.9 Å². The molecule has 1 N–H and O–H groups in total. The normalized spacial score (nSPS) is 12.3. The zero-order valence-corrected chi connectivity index (χ0v) is 20.7. The average molecular weight is 481 g/mol. The third-order valence-corrected chi connectivity index (χ3v) is 6.34. The van der Waals surface area contributed by atoms with Gasteiger partial charge in [0.05, 0.1) is 18.0 Å². The number of hydrogen-bond acceptors (Lipinski definition) is 6. The van der Waals surface area contributed by atoms with Crippen molar-refractivity contribution in [2.24, 2.45) is 0 Å². The van der Waals surface area contributed by atoms with E-state index < -0.39 is 11.7 Å². The van der Waals surface area contributed by atoms with Crippen LogP contribution in [0.15, 0.2) is 54.9 Å². The minimum absolute atomic E-state index is 0.0935. The molecule has 0 aliphatic rings. The third-order valence-electron chi connectivity index (χ3n) is 5.28. The maximum absolute atomic E-state index is 14.7. The van der Waals surface area contributed by atoms with Gasteiger partial charge in [-0.1, -0.05) is 37.3 Å². The second kappa shape index (κ2) is 11.8. The molecule has 3 aromatic rings. The number of aromatic nitrogens is 2. The first-order chi connectivity index (χ1) is 16.3. The smallest absolute Gasteiger partial charge is 0.233 e. The van der Waals surface area contributed by atoms with Crippen molar-refractivity contribution in [3.05, 3.63) is 76.8 Å². The lowest BCUT2D eigenvalue weighted by atomic mass is 9.96. The molecule has 0 bridgehead atoms. The molecule has 0 unspecified atom stereocenters. The van der Waals surface area contributed by atoms with E-state index in [1.165, 1.54) is 23.5 Å². The molecule has 0 aliphatic heterocycles. The van der Waals surface area contributed by atoms with Crippen LogP contribution in [0.2, 0.25) is 0 Å². The maximum Gasteiger partial charge on any atom is 0.233 e. The molecule has 1 aromatic carbocycles. The molecule has 8 heteroatoms. The van der Waals surface area contributed by atoms with Gasteiger partial charge < -0.3 is 10.2 Å². The summed E-state index contributed by atoms with van der Waals surface area (Å²) in [5, 5.41) is 3.45. The second-order valence-electron chi connectivity index (χ2n) is 8.28. The first kappa shape index (κ1) is 25.4. The van der Waals surface area contributed by atoms with Gasteiger partial charge in [-0.05, 0) is 50.7 Å². The second-order valence-corrected chi connectivity index (χ2v) is 9.40. The highest BCUT2D eigenvalue weighted by Crippen LogP contribution is 2.27. The Kier molecular flexibility index (Phi) is 8.79. The zero-order chi connectivity index (χ0) is 24.7. The lowest BCUT2D eigenvalue weighted by Gasteiger charge is -2.13. The number of pyridine rings is 1. The molecule has 2 heterocycles. The van der Waals surface area contributed by atoms with E-state index in [2.05, 4.69) is 15.3 Å².